The third-order valence-electron chi connectivity index (χ3n) is 3.74. The molecule has 2 amide bonds. The van der Waals surface area contributed by atoms with Crippen molar-refractivity contribution in [3.05, 3.63) is 28.5 Å². The van der Waals surface area contributed by atoms with E-state index in [2.05, 4.69) is 26.6 Å². The number of carbonyl (C=O) groups is 2. The van der Waals surface area contributed by atoms with Gasteiger partial charge in [0, 0.05) is 11.0 Å². The van der Waals surface area contributed by atoms with E-state index >= 15 is 0 Å². The molecule has 3 N–H and O–H groups in total. The molecule has 21 heavy (non-hydrogen) atoms. The van der Waals surface area contributed by atoms with Crippen LogP contribution in [-0.4, -0.2) is 23.7 Å². The van der Waals surface area contributed by atoms with Crippen LogP contribution < -0.4 is 10.6 Å². The molecule has 0 spiro atoms. The second kappa shape index (κ2) is 6.43. The third-order valence-corrected chi connectivity index (χ3v) is 4.23. The third kappa shape index (κ3) is 4.17. The van der Waals surface area contributed by atoms with Crippen molar-refractivity contribution in [2.75, 3.05) is 11.9 Å². The average Bonchev–Trinajstić information content (AvgIpc) is 2.36. The van der Waals surface area contributed by atoms with Crippen LogP contribution in [0.3, 0.4) is 0 Å². The second-order valence-electron chi connectivity index (χ2n) is 5.36. The fraction of sp³-hybridized carbons (Fsp3) is 0.429. The highest BCUT2D eigenvalue weighted by molar-refractivity contribution is 9.10. The second-order valence-corrected chi connectivity index (χ2v) is 6.27. The number of urea groups is 1. The number of hydrogen-bond donors (Lipinski definition) is 3. The molecule has 114 valence electrons. The summed E-state index contributed by atoms with van der Waals surface area (Å²) in [6.45, 7) is 0.279. The molecule has 1 fully saturated rings. The number of nitrogens with one attached hydrogen (secondary N) is 2. The van der Waals surface area contributed by atoms with E-state index < -0.39 is 17.8 Å². The van der Waals surface area contributed by atoms with Crippen molar-refractivity contribution < 1.29 is 19.1 Å². The Morgan fingerprint density at radius 2 is 2.10 bits per heavy atom. The maximum atomic E-state index is 13.5. The van der Waals surface area contributed by atoms with E-state index in [-0.39, 0.29) is 24.1 Å². The van der Waals surface area contributed by atoms with Crippen molar-refractivity contribution in [2.24, 2.45) is 5.41 Å². The SMILES string of the molecule is O=C(O)CC1(CNC(=O)Nc2cc(Br)ccc2F)CCC1. The molecule has 7 heteroatoms. The standard InChI is InChI=1S/C14H16BrFN2O3/c15-9-2-3-10(16)11(6-9)18-13(21)17-8-14(4-1-5-14)7-12(19)20/h2-3,6H,1,4-5,7-8H2,(H,19,20)(H2,17,18,21). The zero-order valence-electron chi connectivity index (χ0n) is 11.3. The van der Waals surface area contributed by atoms with Gasteiger partial charge < -0.3 is 15.7 Å². The van der Waals surface area contributed by atoms with Crippen LogP contribution in [0, 0.1) is 11.2 Å². The fourth-order valence-corrected chi connectivity index (χ4v) is 2.80. The highest BCUT2D eigenvalue weighted by Gasteiger charge is 2.39. The van der Waals surface area contributed by atoms with Crippen LogP contribution >= 0.6 is 15.9 Å². The van der Waals surface area contributed by atoms with Crippen LogP contribution in [0.15, 0.2) is 22.7 Å². The van der Waals surface area contributed by atoms with Crippen LogP contribution in [-0.2, 0) is 4.79 Å². The van der Waals surface area contributed by atoms with Crippen molar-refractivity contribution in [1.29, 1.82) is 0 Å². The monoisotopic (exact) mass is 358 g/mol. The first-order valence-corrected chi connectivity index (χ1v) is 7.41. The van der Waals surface area contributed by atoms with Gasteiger partial charge >= 0.3 is 12.0 Å². The minimum absolute atomic E-state index is 0.0402. The predicted molar refractivity (Wildman–Crippen MR) is 79.7 cm³/mol. The summed E-state index contributed by atoms with van der Waals surface area (Å²) in [7, 11) is 0. The maximum absolute atomic E-state index is 13.5. The first-order chi connectivity index (χ1) is 9.90. The minimum atomic E-state index is -0.866. The van der Waals surface area contributed by atoms with E-state index in [0.29, 0.717) is 4.47 Å². The van der Waals surface area contributed by atoms with E-state index in [1.807, 2.05) is 0 Å². The molecule has 1 aliphatic rings. The van der Waals surface area contributed by atoms with Gasteiger partial charge in [-0.15, -0.1) is 0 Å². The molecule has 1 aromatic rings. The van der Waals surface area contributed by atoms with Gasteiger partial charge in [0.2, 0.25) is 0 Å². The number of hydrogen-bond acceptors (Lipinski definition) is 2. The topological polar surface area (TPSA) is 78.4 Å². The summed E-state index contributed by atoms with van der Waals surface area (Å²) < 4.78 is 14.2. The van der Waals surface area contributed by atoms with Gasteiger partial charge in [0.25, 0.3) is 0 Å². The Bertz CT molecular complexity index is 561. The van der Waals surface area contributed by atoms with Crippen molar-refractivity contribution in [3.8, 4) is 0 Å². The number of benzene rings is 1. The predicted octanol–water partition coefficient (Wildman–Crippen LogP) is 3.35. The lowest BCUT2D eigenvalue weighted by Crippen LogP contribution is -2.44. The molecule has 0 unspecified atom stereocenters. The smallest absolute Gasteiger partial charge is 0.319 e. The van der Waals surface area contributed by atoms with Crippen molar-refractivity contribution in [2.45, 2.75) is 25.7 Å². The van der Waals surface area contributed by atoms with E-state index in [1.54, 1.807) is 0 Å². The molecule has 0 aliphatic heterocycles. The summed E-state index contributed by atoms with van der Waals surface area (Å²) in [6, 6.07) is 3.71. The molecule has 0 radical (unpaired) electrons. The van der Waals surface area contributed by atoms with Crippen LogP contribution in [0.1, 0.15) is 25.7 Å². The first kappa shape index (κ1) is 15.8. The number of carboxylic acids is 1. The van der Waals surface area contributed by atoms with Crippen molar-refractivity contribution in [1.82, 2.24) is 5.32 Å². The minimum Gasteiger partial charge on any atom is -0.481 e. The van der Waals surface area contributed by atoms with Crippen LogP contribution in [0.2, 0.25) is 0 Å². The van der Waals surface area contributed by atoms with Gasteiger partial charge in [-0.25, -0.2) is 9.18 Å². The van der Waals surface area contributed by atoms with Crippen LogP contribution in [0.5, 0.6) is 0 Å². The van der Waals surface area contributed by atoms with Crippen LogP contribution in [0.25, 0.3) is 0 Å². The summed E-state index contributed by atoms with van der Waals surface area (Å²) in [6.07, 6.45) is 2.57. The molecule has 2 rings (SSSR count). The lowest BCUT2D eigenvalue weighted by Gasteiger charge is -2.40. The lowest BCUT2D eigenvalue weighted by atomic mass is 9.66. The largest absolute Gasteiger partial charge is 0.481 e. The molecule has 1 aliphatic carbocycles. The van der Waals surface area contributed by atoms with Gasteiger partial charge in [-0.3, -0.25) is 4.79 Å². The number of rotatable bonds is 5. The van der Waals surface area contributed by atoms with Gasteiger partial charge in [0.05, 0.1) is 12.1 Å². The molecule has 0 saturated heterocycles. The number of anilines is 1. The Balaban J connectivity index is 1.90. The summed E-state index contributed by atoms with van der Waals surface area (Å²) in [5.74, 6) is -1.40. The Kier molecular flexibility index (Phi) is 4.82. The van der Waals surface area contributed by atoms with E-state index in [4.69, 9.17) is 5.11 Å². The molecular formula is C14H16BrFN2O3. The Morgan fingerprint density at radius 3 is 2.67 bits per heavy atom. The van der Waals surface area contributed by atoms with Gasteiger partial charge in [0.1, 0.15) is 5.82 Å². The lowest BCUT2D eigenvalue weighted by molar-refractivity contribution is -0.141. The molecule has 0 aromatic heterocycles. The zero-order chi connectivity index (χ0) is 15.5. The molecule has 1 saturated carbocycles. The number of carbonyl (C=O) groups excluding carboxylic acids is 1. The van der Waals surface area contributed by atoms with Gasteiger partial charge in [-0.1, -0.05) is 22.4 Å². The quantitative estimate of drug-likeness (QED) is 0.754. The number of aliphatic carboxylic acids is 1. The maximum Gasteiger partial charge on any atom is 0.319 e. The van der Waals surface area contributed by atoms with Crippen LogP contribution in [0.4, 0.5) is 14.9 Å². The molecule has 0 heterocycles. The summed E-state index contributed by atoms with van der Waals surface area (Å²) in [5.41, 5.74) is -0.290. The normalized spacial score (nSPS) is 15.9. The Labute approximate surface area is 130 Å². The first-order valence-electron chi connectivity index (χ1n) is 6.62. The average molecular weight is 359 g/mol. The number of halogens is 2. The fourth-order valence-electron chi connectivity index (χ4n) is 2.44. The van der Waals surface area contributed by atoms with Gasteiger partial charge in [0.15, 0.2) is 0 Å². The number of carboxylic acid groups (broad SMARTS) is 1. The molecule has 0 bridgehead atoms. The van der Waals surface area contributed by atoms with Crippen molar-refractivity contribution in [3.63, 3.8) is 0 Å². The molecular weight excluding hydrogens is 343 g/mol. The summed E-state index contributed by atoms with van der Waals surface area (Å²) >= 11 is 3.20. The van der Waals surface area contributed by atoms with Gasteiger partial charge in [-0.05, 0) is 36.5 Å². The number of amides is 2. The molecule has 0 atom stereocenters. The highest BCUT2D eigenvalue weighted by atomic mass is 79.9. The van der Waals surface area contributed by atoms with E-state index in [1.165, 1.54) is 18.2 Å². The highest BCUT2D eigenvalue weighted by Crippen LogP contribution is 2.43. The summed E-state index contributed by atoms with van der Waals surface area (Å²) in [4.78, 5) is 22.6. The summed E-state index contributed by atoms with van der Waals surface area (Å²) in [5, 5.41) is 14.0. The molecule has 5 nitrogen and oxygen atoms in total. The van der Waals surface area contributed by atoms with E-state index in [0.717, 1.165) is 19.3 Å². The molecule has 1 aromatic carbocycles. The van der Waals surface area contributed by atoms with Crippen molar-refractivity contribution >= 4 is 33.6 Å². The van der Waals surface area contributed by atoms with Gasteiger partial charge in [-0.2, -0.15) is 0 Å². The van der Waals surface area contributed by atoms with E-state index in [9.17, 15) is 14.0 Å². The Morgan fingerprint density at radius 1 is 1.38 bits per heavy atom. The zero-order valence-corrected chi connectivity index (χ0v) is 12.9. The Hall–Kier alpha value is -1.63.